The molecule has 4 amide bonds. The SMILES string of the molecule is Cc1cccc(NC(=O)COC(=O)CN2C(=O)N[C@@](C)(C3CC3)C2=O)c1C. The number of ether oxygens (including phenoxy) is 1. The Morgan fingerprint density at radius 3 is 2.67 bits per heavy atom. The van der Waals surface area contributed by atoms with E-state index < -0.39 is 42.5 Å². The monoisotopic (exact) mass is 373 g/mol. The minimum Gasteiger partial charge on any atom is -0.454 e. The smallest absolute Gasteiger partial charge is 0.326 e. The summed E-state index contributed by atoms with van der Waals surface area (Å²) in [5, 5.41) is 5.33. The molecular weight excluding hydrogens is 350 g/mol. The first-order valence-electron chi connectivity index (χ1n) is 8.88. The van der Waals surface area contributed by atoms with Crippen molar-refractivity contribution in [1.29, 1.82) is 0 Å². The molecule has 1 saturated heterocycles. The Morgan fingerprint density at radius 1 is 1.30 bits per heavy atom. The lowest BCUT2D eigenvalue weighted by molar-refractivity contribution is -0.150. The highest BCUT2D eigenvalue weighted by Crippen LogP contribution is 2.42. The summed E-state index contributed by atoms with van der Waals surface area (Å²) in [5.74, 6) is -1.61. The normalized spacial score (nSPS) is 21.8. The van der Waals surface area contributed by atoms with Crippen molar-refractivity contribution in [2.24, 2.45) is 5.92 Å². The number of amides is 4. The minimum absolute atomic E-state index is 0.110. The van der Waals surface area contributed by atoms with Crippen molar-refractivity contribution in [2.75, 3.05) is 18.5 Å². The average Bonchev–Trinajstić information content (AvgIpc) is 3.43. The fourth-order valence-corrected chi connectivity index (χ4v) is 3.19. The fourth-order valence-electron chi connectivity index (χ4n) is 3.19. The Kier molecular flexibility index (Phi) is 4.91. The second-order valence-corrected chi connectivity index (χ2v) is 7.25. The van der Waals surface area contributed by atoms with Gasteiger partial charge in [0.2, 0.25) is 0 Å². The van der Waals surface area contributed by atoms with Crippen molar-refractivity contribution in [3.8, 4) is 0 Å². The van der Waals surface area contributed by atoms with Crippen molar-refractivity contribution < 1.29 is 23.9 Å². The Labute approximate surface area is 157 Å². The Morgan fingerprint density at radius 2 is 2.00 bits per heavy atom. The lowest BCUT2D eigenvalue weighted by Gasteiger charge is -2.20. The van der Waals surface area contributed by atoms with Crippen LogP contribution < -0.4 is 10.6 Å². The van der Waals surface area contributed by atoms with E-state index in [9.17, 15) is 19.2 Å². The van der Waals surface area contributed by atoms with E-state index in [0.717, 1.165) is 28.9 Å². The summed E-state index contributed by atoms with van der Waals surface area (Å²) in [6, 6.07) is 4.90. The zero-order valence-corrected chi connectivity index (χ0v) is 15.6. The number of nitrogens with one attached hydrogen (secondary N) is 2. The number of urea groups is 1. The maximum absolute atomic E-state index is 12.5. The number of imide groups is 1. The van der Waals surface area contributed by atoms with E-state index in [1.807, 2.05) is 26.0 Å². The largest absolute Gasteiger partial charge is 0.454 e. The summed E-state index contributed by atoms with van der Waals surface area (Å²) < 4.78 is 4.92. The van der Waals surface area contributed by atoms with Crippen LogP contribution in [0.15, 0.2) is 18.2 Å². The van der Waals surface area contributed by atoms with E-state index in [2.05, 4.69) is 10.6 Å². The zero-order valence-electron chi connectivity index (χ0n) is 15.6. The molecule has 1 heterocycles. The van der Waals surface area contributed by atoms with Gasteiger partial charge in [-0.25, -0.2) is 4.79 Å². The Hall–Kier alpha value is -2.90. The van der Waals surface area contributed by atoms with E-state index >= 15 is 0 Å². The van der Waals surface area contributed by atoms with Crippen LogP contribution >= 0.6 is 0 Å². The lowest BCUT2D eigenvalue weighted by atomic mass is 9.96. The summed E-state index contributed by atoms with van der Waals surface area (Å²) in [6.07, 6.45) is 1.75. The first kappa shape index (κ1) is 18.9. The predicted molar refractivity (Wildman–Crippen MR) is 96.9 cm³/mol. The molecule has 0 bridgehead atoms. The van der Waals surface area contributed by atoms with Gasteiger partial charge in [0, 0.05) is 5.69 Å². The van der Waals surface area contributed by atoms with Crippen LogP contribution in [0.5, 0.6) is 0 Å². The van der Waals surface area contributed by atoms with Crippen LogP contribution in [-0.2, 0) is 19.1 Å². The molecule has 8 nitrogen and oxygen atoms in total. The molecule has 1 aliphatic heterocycles. The fraction of sp³-hybridized carbons (Fsp3) is 0.474. The highest BCUT2D eigenvalue weighted by Gasteiger charge is 2.56. The van der Waals surface area contributed by atoms with Crippen LogP contribution in [0.1, 0.15) is 30.9 Å². The van der Waals surface area contributed by atoms with Gasteiger partial charge >= 0.3 is 12.0 Å². The molecule has 0 radical (unpaired) electrons. The van der Waals surface area contributed by atoms with E-state index in [4.69, 9.17) is 4.74 Å². The molecule has 2 fully saturated rings. The summed E-state index contributed by atoms with van der Waals surface area (Å²) in [4.78, 5) is 49.3. The summed E-state index contributed by atoms with van der Waals surface area (Å²) in [7, 11) is 0. The van der Waals surface area contributed by atoms with Crippen molar-refractivity contribution in [3.63, 3.8) is 0 Å². The van der Waals surface area contributed by atoms with Gasteiger partial charge in [-0.3, -0.25) is 19.3 Å². The molecule has 2 N–H and O–H groups in total. The number of benzene rings is 1. The van der Waals surface area contributed by atoms with Gasteiger partial charge in [0.15, 0.2) is 6.61 Å². The van der Waals surface area contributed by atoms with E-state index in [1.54, 1.807) is 13.0 Å². The molecule has 1 aromatic carbocycles. The molecule has 1 saturated carbocycles. The Balaban J connectivity index is 1.51. The number of esters is 1. The van der Waals surface area contributed by atoms with Gasteiger partial charge in [0.25, 0.3) is 11.8 Å². The van der Waals surface area contributed by atoms with Crippen molar-refractivity contribution in [3.05, 3.63) is 29.3 Å². The van der Waals surface area contributed by atoms with Crippen LogP contribution in [0.3, 0.4) is 0 Å². The van der Waals surface area contributed by atoms with Crippen LogP contribution in [-0.4, -0.2) is 47.4 Å². The third-order valence-corrected chi connectivity index (χ3v) is 5.23. The van der Waals surface area contributed by atoms with Crippen molar-refractivity contribution in [1.82, 2.24) is 10.2 Å². The van der Waals surface area contributed by atoms with Crippen LogP contribution in [0.4, 0.5) is 10.5 Å². The Bertz CT molecular complexity index is 818. The number of anilines is 1. The second-order valence-electron chi connectivity index (χ2n) is 7.25. The molecule has 1 aliphatic carbocycles. The molecule has 1 atom stereocenters. The summed E-state index contributed by atoms with van der Waals surface area (Å²) in [6.45, 7) is 4.48. The van der Waals surface area contributed by atoms with Gasteiger partial charge in [-0.05, 0) is 56.7 Å². The van der Waals surface area contributed by atoms with Gasteiger partial charge in [-0.2, -0.15) is 0 Å². The molecular formula is C19H23N3O5. The number of carbonyl (C=O) groups excluding carboxylic acids is 4. The molecule has 0 spiro atoms. The highest BCUT2D eigenvalue weighted by molar-refractivity contribution is 6.09. The molecule has 1 aromatic rings. The highest BCUT2D eigenvalue weighted by atomic mass is 16.5. The molecule has 144 valence electrons. The van der Waals surface area contributed by atoms with E-state index in [-0.39, 0.29) is 5.92 Å². The number of aryl methyl sites for hydroxylation is 1. The molecule has 8 heteroatoms. The zero-order chi connectivity index (χ0) is 19.8. The van der Waals surface area contributed by atoms with E-state index in [1.165, 1.54) is 0 Å². The molecule has 0 unspecified atom stereocenters. The second kappa shape index (κ2) is 7.02. The van der Waals surface area contributed by atoms with Gasteiger partial charge in [0.1, 0.15) is 12.1 Å². The quantitative estimate of drug-likeness (QED) is 0.581. The maximum Gasteiger partial charge on any atom is 0.326 e. The first-order valence-corrected chi connectivity index (χ1v) is 8.88. The summed E-state index contributed by atoms with van der Waals surface area (Å²) >= 11 is 0. The lowest BCUT2D eigenvalue weighted by Crippen LogP contribution is -2.46. The molecule has 3 rings (SSSR count). The number of rotatable bonds is 6. The van der Waals surface area contributed by atoms with Gasteiger partial charge in [-0.1, -0.05) is 12.1 Å². The third-order valence-electron chi connectivity index (χ3n) is 5.23. The standard InChI is InChI=1S/C19H23N3O5/c1-11-5-4-6-14(12(11)2)20-15(23)10-27-16(24)9-22-17(25)19(3,13-7-8-13)21-18(22)26/h4-6,13H,7-10H2,1-3H3,(H,20,23)(H,21,26)/t19-/m0/s1. The topological polar surface area (TPSA) is 105 Å². The van der Waals surface area contributed by atoms with Crippen molar-refractivity contribution >= 4 is 29.5 Å². The van der Waals surface area contributed by atoms with Gasteiger partial charge in [-0.15, -0.1) is 0 Å². The number of carbonyl (C=O) groups is 4. The van der Waals surface area contributed by atoms with Crippen LogP contribution in [0.2, 0.25) is 0 Å². The first-order chi connectivity index (χ1) is 12.7. The average molecular weight is 373 g/mol. The number of nitrogens with zero attached hydrogens (tertiary/aromatic N) is 1. The molecule has 0 aromatic heterocycles. The van der Waals surface area contributed by atoms with Gasteiger partial charge in [0.05, 0.1) is 0 Å². The van der Waals surface area contributed by atoms with Crippen LogP contribution in [0, 0.1) is 19.8 Å². The number of hydrogen-bond donors (Lipinski definition) is 2. The summed E-state index contributed by atoms with van der Waals surface area (Å²) in [5.41, 5.74) is 1.65. The van der Waals surface area contributed by atoms with Crippen molar-refractivity contribution in [2.45, 2.75) is 39.2 Å². The molecule has 2 aliphatic rings. The van der Waals surface area contributed by atoms with Crippen LogP contribution in [0.25, 0.3) is 0 Å². The van der Waals surface area contributed by atoms with E-state index in [0.29, 0.717) is 5.69 Å². The number of hydrogen-bond acceptors (Lipinski definition) is 5. The third kappa shape index (κ3) is 3.79. The minimum atomic E-state index is -0.947. The predicted octanol–water partition coefficient (Wildman–Crippen LogP) is 1.51. The van der Waals surface area contributed by atoms with Gasteiger partial charge < -0.3 is 15.4 Å². The maximum atomic E-state index is 12.5. The molecule has 27 heavy (non-hydrogen) atoms.